The summed E-state index contributed by atoms with van der Waals surface area (Å²) in [5.74, 6) is -0.400. The number of rotatable bonds is 29. The van der Waals surface area contributed by atoms with Crippen LogP contribution in [0.25, 0.3) is 0 Å². The molecule has 0 saturated carbocycles. The largest absolute Gasteiger partial charge is 0.467 e. The van der Waals surface area contributed by atoms with Gasteiger partial charge >= 0.3 is 5.97 Å². The predicted molar refractivity (Wildman–Crippen MR) is 136 cm³/mol. The Kier molecular flexibility index (Phi) is 30.8. The van der Waals surface area contributed by atoms with Crippen LogP contribution in [0.4, 0.5) is 0 Å². The molecule has 0 radical (unpaired) electrons. The van der Waals surface area contributed by atoms with Crippen LogP contribution in [-0.2, 0) is 47.4 Å². The van der Waals surface area contributed by atoms with Gasteiger partial charge in [-0.25, -0.2) is 4.79 Å². The molecule has 0 aromatic rings. The van der Waals surface area contributed by atoms with Crippen molar-refractivity contribution in [1.82, 2.24) is 0 Å². The predicted octanol–water partition coefficient (Wildman–Crippen LogP) is 2.29. The first-order valence-electron chi connectivity index (χ1n) is 12.1. The average Bonchev–Trinajstić information content (AvgIpc) is 2.85. The lowest BCUT2D eigenvalue weighted by molar-refractivity contribution is -0.146. The summed E-state index contributed by atoms with van der Waals surface area (Å²) >= 11 is 2.41. The van der Waals surface area contributed by atoms with Gasteiger partial charge in [0.25, 0.3) is 0 Å². The fourth-order valence-electron chi connectivity index (χ4n) is 2.41. The third-order valence-corrected chi connectivity index (χ3v) is 4.99. The maximum Gasteiger partial charge on any atom is 0.331 e. The highest BCUT2D eigenvalue weighted by Gasteiger charge is 1.99. The lowest BCUT2D eigenvalue weighted by Crippen LogP contribution is -2.16. The van der Waals surface area contributed by atoms with E-state index in [1.54, 1.807) is 0 Å². The Hall–Kier alpha value is -0.120. The van der Waals surface area contributed by atoms with Gasteiger partial charge in [-0.3, -0.25) is 0 Å². The molecular weight excluding hydrogens is 563 g/mol. The number of hydrogen-bond acceptors (Lipinski definition) is 10. The zero-order chi connectivity index (χ0) is 24.8. The van der Waals surface area contributed by atoms with E-state index >= 15 is 0 Å². The van der Waals surface area contributed by atoms with E-state index in [1.165, 1.54) is 30.8 Å². The fourth-order valence-corrected chi connectivity index (χ4v) is 2.95. The van der Waals surface area contributed by atoms with Crippen molar-refractivity contribution in [2.24, 2.45) is 0 Å². The summed E-state index contributed by atoms with van der Waals surface area (Å²) in [6, 6.07) is 0. The van der Waals surface area contributed by atoms with Crippen LogP contribution in [0.5, 0.6) is 0 Å². The highest BCUT2D eigenvalue weighted by molar-refractivity contribution is 14.1. The molecule has 0 aliphatic carbocycles. The van der Waals surface area contributed by atoms with E-state index in [-0.39, 0.29) is 6.61 Å². The van der Waals surface area contributed by atoms with Crippen molar-refractivity contribution in [3.8, 4) is 0 Å². The zero-order valence-electron chi connectivity index (χ0n) is 20.8. The van der Waals surface area contributed by atoms with Gasteiger partial charge in [0, 0.05) is 6.61 Å². The van der Waals surface area contributed by atoms with E-state index in [0.29, 0.717) is 92.5 Å². The summed E-state index contributed by atoms with van der Waals surface area (Å²) in [7, 11) is 1.32. The van der Waals surface area contributed by atoms with Crippen molar-refractivity contribution in [1.29, 1.82) is 0 Å². The molecule has 0 bridgehead atoms. The number of hydrogen-bond donors (Lipinski definition) is 0. The van der Waals surface area contributed by atoms with Crippen molar-refractivity contribution in [2.45, 2.75) is 25.7 Å². The maximum absolute atomic E-state index is 10.8. The first-order chi connectivity index (χ1) is 16.8. The van der Waals surface area contributed by atoms with Crippen LogP contribution in [0.1, 0.15) is 25.7 Å². The second kappa shape index (κ2) is 30.9. The van der Waals surface area contributed by atoms with Gasteiger partial charge in [-0.05, 0) is 17.3 Å². The Morgan fingerprint density at radius 2 is 0.794 bits per heavy atom. The van der Waals surface area contributed by atoms with Gasteiger partial charge < -0.3 is 42.6 Å². The smallest absolute Gasteiger partial charge is 0.331 e. The molecule has 0 rings (SSSR count). The highest BCUT2D eigenvalue weighted by atomic mass is 127. The van der Waals surface area contributed by atoms with E-state index in [1.807, 2.05) is 0 Å². The van der Waals surface area contributed by atoms with E-state index in [2.05, 4.69) is 27.3 Å². The topological polar surface area (TPSA) is 100 Å². The van der Waals surface area contributed by atoms with Crippen LogP contribution in [0, 0.1) is 0 Å². The summed E-state index contributed by atoms with van der Waals surface area (Å²) < 4.78 is 48.8. The number of ether oxygens (including phenoxy) is 9. The molecule has 204 valence electrons. The zero-order valence-corrected chi connectivity index (χ0v) is 23.0. The molecule has 0 aromatic carbocycles. The third kappa shape index (κ3) is 29.9. The van der Waals surface area contributed by atoms with Crippen LogP contribution >= 0.6 is 22.6 Å². The minimum Gasteiger partial charge on any atom is -0.467 e. The molecule has 0 atom stereocenters. The highest BCUT2D eigenvalue weighted by Crippen LogP contribution is 2.02. The molecule has 0 N–H and O–H groups in total. The molecule has 0 aromatic heterocycles. The SMILES string of the molecule is COC(=O)COCCOCCOCCOCCOCCOCCOCCOCCCCCCI. The number of halogens is 1. The van der Waals surface area contributed by atoms with Gasteiger partial charge in [-0.1, -0.05) is 35.4 Å². The molecule has 0 heterocycles. The summed E-state index contributed by atoms with van der Waals surface area (Å²) in [6.07, 6.45) is 4.98. The van der Waals surface area contributed by atoms with Gasteiger partial charge in [-0.2, -0.15) is 0 Å². The first-order valence-corrected chi connectivity index (χ1v) is 13.6. The summed E-state index contributed by atoms with van der Waals surface area (Å²) in [5, 5.41) is 0. The molecule has 0 aliphatic rings. The van der Waals surface area contributed by atoms with Crippen molar-refractivity contribution in [2.75, 3.05) is 117 Å². The molecule has 0 unspecified atom stereocenters. The van der Waals surface area contributed by atoms with Gasteiger partial charge in [0.1, 0.15) is 6.61 Å². The maximum atomic E-state index is 10.8. The van der Waals surface area contributed by atoms with Gasteiger partial charge in [0.2, 0.25) is 0 Å². The van der Waals surface area contributed by atoms with Crippen molar-refractivity contribution < 1.29 is 47.4 Å². The minimum absolute atomic E-state index is 0.0606. The molecule has 0 aliphatic heterocycles. The van der Waals surface area contributed by atoms with E-state index < -0.39 is 5.97 Å². The quantitative estimate of drug-likeness (QED) is 0.0545. The van der Waals surface area contributed by atoms with Crippen LogP contribution in [-0.4, -0.2) is 123 Å². The Morgan fingerprint density at radius 3 is 1.15 bits per heavy atom. The fraction of sp³-hybridized carbons (Fsp3) is 0.957. The van der Waals surface area contributed by atoms with Crippen LogP contribution in [0.2, 0.25) is 0 Å². The van der Waals surface area contributed by atoms with Crippen LogP contribution < -0.4 is 0 Å². The molecular formula is C23H45IO10. The number of unbranched alkanes of at least 4 members (excludes halogenated alkanes) is 3. The van der Waals surface area contributed by atoms with E-state index in [9.17, 15) is 4.79 Å². The average molecular weight is 609 g/mol. The lowest BCUT2D eigenvalue weighted by Gasteiger charge is -2.08. The van der Waals surface area contributed by atoms with Crippen molar-refractivity contribution in [3.05, 3.63) is 0 Å². The van der Waals surface area contributed by atoms with Gasteiger partial charge in [0.05, 0.1) is 99.6 Å². The third-order valence-electron chi connectivity index (χ3n) is 4.22. The first kappa shape index (κ1) is 33.9. The standard InChI is InChI=1S/C23H45IO10/c1-26-23(25)22-34-21-20-33-19-18-32-17-16-31-15-14-30-13-12-29-11-10-28-9-8-27-7-5-3-2-4-6-24/h2-22H2,1H3. The second-order valence-electron chi connectivity index (χ2n) is 7.02. The molecule has 34 heavy (non-hydrogen) atoms. The molecule has 0 spiro atoms. The van der Waals surface area contributed by atoms with Crippen molar-refractivity contribution in [3.63, 3.8) is 0 Å². The monoisotopic (exact) mass is 608 g/mol. The molecule has 0 fully saturated rings. The Bertz CT molecular complexity index is 404. The van der Waals surface area contributed by atoms with E-state index in [0.717, 1.165) is 13.0 Å². The Morgan fingerprint density at radius 1 is 0.471 bits per heavy atom. The summed E-state index contributed by atoms with van der Waals surface area (Å²) in [6.45, 7) is 7.90. The number of carbonyl (C=O) groups is 1. The molecule has 10 nitrogen and oxygen atoms in total. The normalized spacial score (nSPS) is 11.2. The molecule has 0 saturated heterocycles. The number of methoxy groups -OCH3 is 1. The minimum atomic E-state index is -0.400. The molecule has 11 heteroatoms. The van der Waals surface area contributed by atoms with Crippen LogP contribution in [0.3, 0.4) is 0 Å². The van der Waals surface area contributed by atoms with Crippen molar-refractivity contribution >= 4 is 28.6 Å². The number of alkyl halides is 1. The van der Waals surface area contributed by atoms with Gasteiger partial charge in [0.15, 0.2) is 0 Å². The number of carbonyl (C=O) groups excluding carboxylic acids is 1. The summed E-state index contributed by atoms with van der Waals surface area (Å²) in [4.78, 5) is 10.8. The molecule has 0 amide bonds. The Labute approximate surface area is 218 Å². The van der Waals surface area contributed by atoms with Crippen LogP contribution in [0.15, 0.2) is 0 Å². The second-order valence-corrected chi connectivity index (χ2v) is 8.10. The van der Waals surface area contributed by atoms with E-state index in [4.69, 9.17) is 37.9 Å². The summed E-state index contributed by atoms with van der Waals surface area (Å²) in [5.41, 5.74) is 0. The lowest BCUT2D eigenvalue weighted by atomic mass is 10.2. The van der Waals surface area contributed by atoms with Gasteiger partial charge in [-0.15, -0.1) is 0 Å². The number of esters is 1. The Balaban J connectivity index is 3.02.